The fraction of sp³-hybridized carbons (Fsp3) is 0.647. The lowest BCUT2D eigenvalue weighted by molar-refractivity contribution is 0.270. The molecule has 1 aliphatic heterocycles. The fourth-order valence-corrected chi connectivity index (χ4v) is 4.75. The lowest BCUT2D eigenvalue weighted by atomic mass is 9.98. The molecular formula is C17H28N2O2S. The van der Waals surface area contributed by atoms with Crippen LogP contribution in [0, 0.1) is 5.92 Å². The second-order valence-electron chi connectivity index (χ2n) is 6.04. The molecule has 0 aromatic heterocycles. The van der Waals surface area contributed by atoms with Crippen LogP contribution in [-0.2, 0) is 22.9 Å². The molecule has 0 radical (unpaired) electrons. The van der Waals surface area contributed by atoms with Crippen molar-refractivity contribution >= 4 is 10.0 Å². The lowest BCUT2D eigenvalue weighted by Crippen LogP contribution is -2.40. The SMILES string of the molecule is CCc1ccc(S(=O)(=O)N2CCC(CNC)CC2)cc1CC. The molecule has 1 aromatic carbocycles. The Labute approximate surface area is 135 Å². The number of hydrogen-bond donors (Lipinski definition) is 1. The van der Waals surface area contributed by atoms with Crippen molar-refractivity contribution in [1.29, 1.82) is 0 Å². The third kappa shape index (κ3) is 3.70. The first kappa shape index (κ1) is 17.4. The summed E-state index contributed by atoms with van der Waals surface area (Å²) in [5, 5.41) is 3.18. The fourth-order valence-electron chi connectivity index (χ4n) is 3.23. The van der Waals surface area contributed by atoms with E-state index in [-0.39, 0.29) is 0 Å². The number of piperidine rings is 1. The Morgan fingerprint density at radius 1 is 1.14 bits per heavy atom. The first-order valence-corrected chi connectivity index (χ1v) is 9.73. The number of sulfonamides is 1. The van der Waals surface area contributed by atoms with Crippen molar-refractivity contribution in [2.45, 2.75) is 44.4 Å². The lowest BCUT2D eigenvalue weighted by Gasteiger charge is -2.31. The van der Waals surface area contributed by atoms with Gasteiger partial charge in [-0.1, -0.05) is 19.9 Å². The summed E-state index contributed by atoms with van der Waals surface area (Å²) in [4.78, 5) is 0.452. The average molecular weight is 324 g/mol. The summed E-state index contributed by atoms with van der Waals surface area (Å²) in [6.45, 7) is 6.42. The van der Waals surface area contributed by atoms with Gasteiger partial charge in [-0.3, -0.25) is 0 Å². The number of aryl methyl sites for hydroxylation is 2. The normalized spacial score (nSPS) is 17.8. The topological polar surface area (TPSA) is 49.4 Å². The van der Waals surface area contributed by atoms with Crippen molar-refractivity contribution in [3.8, 4) is 0 Å². The molecule has 4 nitrogen and oxygen atoms in total. The van der Waals surface area contributed by atoms with Gasteiger partial charge in [-0.05, 0) is 68.5 Å². The highest BCUT2D eigenvalue weighted by Gasteiger charge is 2.29. The highest BCUT2D eigenvalue weighted by Crippen LogP contribution is 2.25. The molecule has 22 heavy (non-hydrogen) atoms. The zero-order valence-corrected chi connectivity index (χ0v) is 14.7. The molecule has 0 bridgehead atoms. The average Bonchev–Trinajstić information content (AvgIpc) is 2.55. The van der Waals surface area contributed by atoms with E-state index in [0.29, 0.717) is 23.9 Å². The van der Waals surface area contributed by atoms with Gasteiger partial charge in [0.05, 0.1) is 4.90 Å². The molecule has 0 atom stereocenters. The maximum Gasteiger partial charge on any atom is 0.243 e. The number of benzene rings is 1. The number of nitrogens with one attached hydrogen (secondary N) is 1. The zero-order valence-electron chi connectivity index (χ0n) is 13.9. The predicted octanol–water partition coefficient (Wildman–Crippen LogP) is 2.43. The Morgan fingerprint density at radius 2 is 1.77 bits per heavy atom. The van der Waals surface area contributed by atoms with Crippen LogP contribution in [0.2, 0.25) is 0 Å². The molecule has 1 aromatic rings. The molecule has 5 heteroatoms. The van der Waals surface area contributed by atoms with Gasteiger partial charge >= 0.3 is 0 Å². The van der Waals surface area contributed by atoms with Gasteiger partial charge < -0.3 is 5.32 Å². The van der Waals surface area contributed by atoms with Gasteiger partial charge in [-0.2, -0.15) is 4.31 Å². The minimum absolute atomic E-state index is 0.452. The van der Waals surface area contributed by atoms with Crippen molar-refractivity contribution in [3.63, 3.8) is 0 Å². The largest absolute Gasteiger partial charge is 0.319 e. The van der Waals surface area contributed by atoms with Crippen LogP contribution in [-0.4, -0.2) is 39.4 Å². The minimum atomic E-state index is -3.35. The van der Waals surface area contributed by atoms with Crippen molar-refractivity contribution in [1.82, 2.24) is 9.62 Å². The van der Waals surface area contributed by atoms with Crippen LogP contribution in [0.3, 0.4) is 0 Å². The van der Waals surface area contributed by atoms with Gasteiger partial charge in [0.1, 0.15) is 0 Å². The van der Waals surface area contributed by atoms with Gasteiger partial charge in [0, 0.05) is 13.1 Å². The molecule has 124 valence electrons. The second kappa shape index (κ2) is 7.57. The Hall–Kier alpha value is -0.910. The molecule has 0 saturated carbocycles. The molecule has 2 rings (SSSR count). The minimum Gasteiger partial charge on any atom is -0.319 e. The van der Waals surface area contributed by atoms with E-state index in [2.05, 4.69) is 19.2 Å². The van der Waals surface area contributed by atoms with Gasteiger partial charge in [0.25, 0.3) is 0 Å². The third-order valence-electron chi connectivity index (χ3n) is 4.64. The van der Waals surface area contributed by atoms with Crippen molar-refractivity contribution < 1.29 is 8.42 Å². The summed E-state index contributed by atoms with van der Waals surface area (Å²) < 4.78 is 27.3. The molecule has 0 spiro atoms. The molecule has 1 aliphatic rings. The molecular weight excluding hydrogens is 296 g/mol. The van der Waals surface area contributed by atoms with E-state index in [1.165, 1.54) is 5.56 Å². The van der Waals surface area contributed by atoms with Gasteiger partial charge in [0.2, 0.25) is 10.0 Å². The summed E-state index contributed by atoms with van der Waals surface area (Å²) in [5.74, 6) is 0.588. The highest BCUT2D eigenvalue weighted by molar-refractivity contribution is 7.89. The maximum absolute atomic E-state index is 12.8. The summed E-state index contributed by atoms with van der Waals surface area (Å²) in [5.41, 5.74) is 2.39. The van der Waals surface area contributed by atoms with Crippen LogP contribution < -0.4 is 5.32 Å². The zero-order chi connectivity index (χ0) is 16.2. The first-order valence-electron chi connectivity index (χ1n) is 8.29. The summed E-state index contributed by atoms with van der Waals surface area (Å²) in [6.07, 6.45) is 3.69. The third-order valence-corrected chi connectivity index (χ3v) is 6.54. The van der Waals surface area contributed by atoms with Crippen molar-refractivity contribution in [2.24, 2.45) is 5.92 Å². The van der Waals surface area contributed by atoms with Gasteiger partial charge in [-0.25, -0.2) is 8.42 Å². The standard InChI is InChI=1S/C17H28N2O2S/c1-4-15-6-7-17(12-16(15)5-2)22(20,21)19-10-8-14(9-11-19)13-18-3/h6-7,12,14,18H,4-5,8-11,13H2,1-3H3. The van der Waals surface area contributed by atoms with Crippen LogP contribution in [0.4, 0.5) is 0 Å². The van der Waals surface area contributed by atoms with E-state index in [1.54, 1.807) is 10.4 Å². The summed E-state index contributed by atoms with van der Waals surface area (Å²) in [7, 11) is -1.40. The Bertz CT molecular complexity index is 591. The molecule has 0 amide bonds. The summed E-state index contributed by atoms with van der Waals surface area (Å²) >= 11 is 0. The van der Waals surface area contributed by atoms with Crippen LogP contribution in [0.1, 0.15) is 37.8 Å². The molecule has 0 unspecified atom stereocenters. The van der Waals surface area contributed by atoms with E-state index in [1.807, 2.05) is 19.2 Å². The van der Waals surface area contributed by atoms with E-state index < -0.39 is 10.0 Å². The Balaban J connectivity index is 2.17. The van der Waals surface area contributed by atoms with Crippen LogP contribution in [0.25, 0.3) is 0 Å². The summed E-state index contributed by atoms with van der Waals surface area (Å²) in [6, 6.07) is 5.61. The van der Waals surface area contributed by atoms with E-state index in [0.717, 1.165) is 37.8 Å². The van der Waals surface area contributed by atoms with E-state index >= 15 is 0 Å². The first-order chi connectivity index (χ1) is 10.5. The van der Waals surface area contributed by atoms with Gasteiger partial charge in [0.15, 0.2) is 0 Å². The Morgan fingerprint density at radius 3 is 2.32 bits per heavy atom. The smallest absolute Gasteiger partial charge is 0.243 e. The number of hydrogen-bond acceptors (Lipinski definition) is 3. The van der Waals surface area contributed by atoms with Crippen molar-refractivity contribution in [2.75, 3.05) is 26.7 Å². The van der Waals surface area contributed by atoms with E-state index in [4.69, 9.17) is 0 Å². The molecule has 1 saturated heterocycles. The maximum atomic E-state index is 12.8. The molecule has 1 heterocycles. The van der Waals surface area contributed by atoms with Gasteiger partial charge in [-0.15, -0.1) is 0 Å². The number of rotatable bonds is 6. The second-order valence-corrected chi connectivity index (χ2v) is 7.98. The molecule has 0 aliphatic carbocycles. The molecule has 1 N–H and O–H groups in total. The Kier molecular flexibility index (Phi) is 6.01. The van der Waals surface area contributed by atoms with Crippen LogP contribution in [0.15, 0.2) is 23.1 Å². The number of nitrogens with zero attached hydrogens (tertiary/aromatic N) is 1. The van der Waals surface area contributed by atoms with Crippen molar-refractivity contribution in [3.05, 3.63) is 29.3 Å². The van der Waals surface area contributed by atoms with Crippen LogP contribution in [0.5, 0.6) is 0 Å². The quantitative estimate of drug-likeness (QED) is 0.874. The predicted molar refractivity (Wildman–Crippen MR) is 90.6 cm³/mol. The highest BCUT2D eigenvalue weighted by atomic mass is 32.2. The van der Waals surface area contributed by atoms with E-state index in [9.17, 15) is 8.42 Å². The molecule has 1 fully saturated rings. The van der Waals surface area contributed by atoms with Crippen LogP contribution >= 0.6 is 0 Å². The monoisotopic (exact) mass is 324 g/mol.